The molecule has 1 aliphatic heterocycles. The van der Waals surface area contributed by atoms with Gasteiger partial charge in [0.25, 0.3) is 0 Å². The molecule has 0 amide bonds. The third-order valence-corrected chi connectivity index (χ3v) is 12.9. The lowest BCUT2D eigenvalue weighted by Crippen LogP contribution is -2.49. The second-order valence-corrected chi connectivity index (χ2v) is 15.2. The molecule has 0 aromatic rings. The molecule has 1 fully saturated rings. The van der Waals surface area contributed by atoms with Crippen LogP contribution in [0, 0.1) is 17.8 Å². The number of aliphatic hydroxyl groups excluding tert-OH is 1. The van der Waals surface area contributed by atoms with Crippen LogP contribution in [-0.2, 0) is 9.16 Å². The molecule has 4 heteroatoms. The van der Waals surface area contributed by atoms with Gasteiger partial charge in [-0.15, -0.1) is 0 Å². The first kappa shape index (κ1) is 24.9. The topological polar surface area (TPSA) is 38.7 Å². The Morgan fingerprint density at radius 1 is 1.00 bits per heavy atom. The van der Waals surface area contributed by atoms with Gasteiger partial charge < -0.3 is 14.3 Å². The van der Waals surface area contributed by atoms with Crippen molar-refractivity contribution in [2.45, 2.75) is 104 Å². The Labute approximate surface area is 170 Å². The molecule has 1 N–H and O–H groups in total. The number of aliphatic hydroxyl groups is 1. The highest BCUT2D eigenvalue weighted by molar-refractivity contribution is 6.77. The summed E-state index contributed by atoms with van der Waals surface area (Å²) in [7, 11) is -1.82. The van der Waals surface area contributed by atoms with Gasteiger partial charge in [0.05, 0.1) is 18.8 Å². The van der Waals surface area contributed by atoms with Crippen molar-refractivity contribution in [2.75, 3.05) is 13.2 Å². The van der Waals surface area contributed by atoms with E-state index < -0.39 is 8.32 Å². The second-order valence-electron chi connectivity index (χ2n) is 9.77. The van der Waals surface area contributed by atoms with Gasteiger partial charge in [-0.2, -0.15) is 0 Å². The van der Waals surface area contributed by atoms with Gasteiger partial charge >= 0.3 is 0 Å². The van der Waals surface area contributed by atoms with Crippen LogP contribution in [-0.4, -0.2) is 38.8 Å². The molecule has 1 rings (SSSR count). The molecule has 1 saturated heterocycles. The van der Waals surface area contributed by atoms with Crippen LogP contribution in [0.2, 0.25) is 16.6 Å². The fraction of sp³-hybridized carbons (Fsp3) is 0.913. The van der Waals surface area contributed by atoms with Gasteiger partial charge in [-0.25, -0.2) is 0 Å². The highest BCUT2D eigenvalue weighted by Crippen LogP contribution is 2.43. The lowest BCUT2D eigenvalue weighted by atomic mass is 9.84. The third kappa shape index (κ3) is 6.16. The minimum atomic E-state index is -1.82. The summed E-state index contributed by atoms with van der Waals surface area (Å²) in [4.78, 5) is 0. The molecule has 5 atom stereocenters. The number of ether oxygens (including phenoxy) is 1. The van der Waals surface area contributed by atoms with E-state index in [0.29, 0.717) is 34.4 Å². The smallest absolute Gasteiger partial charge is 0.200 e. The van der Waals surface area contributed by atoms with E-state index in [2.05, 4.69) is 68.4 Å². The first-order valence-electron chi connectivity index (χ1n) is 11.1. The van der Waals surface area contributed by atoms with Crippen LogP contribution < -0.4 is 0 Å². The molecule has 1 aliphatic rings. The predicted octanol–water partition coefficient (Wildman–Crippen LogP) is 6.18. The predicted molar refractivity (Wildman–Crippen MR) is 119 cm³/mol. The largest absolute Gasteiger partial charge is 0.416 e. The Kier molecular flexibility index (Phi) is 10.3. The van der Waals surface area contributed by atoms with Gasteiger partial charge in [-0.1, -0.05) is 74.5 Å². The first-order chi connectivity index (χ1) is 12.6. The maximum Gasteiger partial charge on any atom is 0.200 e. The summed E-state index contributed by atoms with van der Waals surface area (Å²) in [5.41, 5.74) is 1.86. The summed E-state index contributed by atoms with van der Waals surface area (Å²) in [6.45, 7) is 21.8. The molecule has 27 heavy (non-hydrogen) atoms. The maximum atomic E-state index is 9.06. The van der Waals surface area contributed by atoms with Crippen molar-refractivity contribution in [2.24, 2.45) is 17.8 Å². The Morgan fingerprint density at radius 2 is 1.56 bits per heavy atom. The van der Waals surface area contributed by atoms with Gasteiger partial charge in [0.1, 0.15) is 0 Å². The van der Waals surface area contributed by atoms with Crippen molar-refractivity contribution in [1.82, 2.24) is 0 Å². The van der Waals surface area contributed by atoms with Crippen molar-refractivity contribution in [3.05, 3.63) is 12.2 Å². The summed E-state index contributed by atoms with van der Waals surface area (Å²) in [6, 6.07) is 0. The number of hydrogen-bond donors (Lipinski definition) is 1. The quantitative estimate of drug-likeness (QED) is 0.352. The van der Waals surface area contributed by atoms with Gasteiger partial charge in [0, 0.05) is 18.4 Å². The molecule has 0 aromatic carbocycles. The maximum absolute atomic E-state index is 9.06. The lowest BCUT2D eigenvalue weighted by Gasteiger charge is -2.44. The molecule has 0 saturated carbocycles. The van der Waals surface area contributed by atoms with Gasteiger partial charge in [0.15, 0.2) is 8.32 Å². The van der Waals surface area contributed by atoms with E-state index >= 15 is 0 Å². The first-order valence-corrected chi connectivity index (χ1v) is 13.3. The summed E-state index contributed by atoms with van der Waals surface area (Å²) >= 11 is 0. The molecule has 0 aliphatic carbocycles. The van der Waals surface area contributed by atoms with E-state index in [1.165, 1.54) is 6.42 Å². The minimum Gasteiger partial charge on any atom is -0.416 e. The minimum absolute atomic E-state index is 0.103. The monoisotopic (exact) mass is 398 g/mol. The van der Waals surface area contributed by atoms with Crippen LogP contribution in [0.5, 0.6) is 0 Å². The van der Waals surface area contributed by atoms with E-state index in [9.17, 15) is 0 Å². The zero-order valence-electron chi connectivity index (χ0n) is 19.4. The van der Waals surface area contributed by atoms with Gasteiger partial charge in [-0.3, -0.25) is 0 Å². The van der Waals surface area contributed by atoms with Crippen molar-refractivity contribution in [3.8, 4) is 0 Å². The average molecular weight is 399 g/mol. The van der Waals surface area contributed by atoms with Crippen molar-refractivity contribution in [1.29, 1.82) is 0 Å². The van der Waals surface area contributed by atoms with Crippen molar-refractivity contribution in [3.63, 3.8) is 0 Å². The third-order valence-electron chi connectivity index (χ3n) is 6.80. The summed E-state index contributed by atoms with van der Waals surface area (Å²) in [5.74, 6) is 1.30. The highest BCUT2D eigenvalue weighted by Gasteiger charge is 2.45. The highest BCUT2D eigenvalue weighted by atomic mass is 28.4. The van der Waals surface area contributed by atoms with E-state index in [0.717, 1.165) is 13.0 Å². The fourth-order valence-corrected chi connectivity index (χ4v) is 10.9. The molecular formula is C23H46O3Si. The van der Waals surface area contributed by atoms with Crippen LogP contribution >= 0.6 is 0 Å². The molecule has 0 radical (unpaired) electrons. The normalized spacial score (nSPS) is 27.1. The van der Waals surface area contributed by atoms with E-state index in [1.807, 2.05) is 6.08 Å². The SMILES string of the molecule is CC(C)[Si](OC[C@@H](C)[C@@H]1CC[C@H](C)[C@@H]([C@@H](C)/C=C/CO)O1)(C(C)C)C(C)C. The van der Waals surface area contributed by atoms with Crippen LogP contribution in [0.3, 0.4) is 0 Å². The lowest BCUT2D eigenvalue weighted by molar-refractivity contribution is -0.119. The number of hydrogen-bond acceptors (Lipinski definition) is 3. The Balaban J connectivity index is 2.78. The van der Waals surface area contributed by atoms with Crippen LogP contribution in [0.4, 0.5) is 0 Å². The summed E-state index contributed by atoms with van der Waals surface area (Å²) in [5, 5.41) is 9.06. The second kappa shape index (κ2) is 11.1. The molecule has 0 spiro atoms. The van der Waals surface area contributed by atoms with Crippen molar-refractivity contribution < 1.29 is 14.3 Å². The van der Waals surface area contributed by atoms with E-state index in [4.69, 9.17) is 14.3 Å². The molecule has 1 heterocycles. The Bertz CT molecular complexity index is 425. The van der Waals surface area contributed by atoms with Gasteiger partial charge in [0.2, 0.25) is 0 Å². The standard InChI is InChI=1S/C23H46O3Si/c1-16(2)27(17(3)4,18(5)6)25-15-21(9)22-13-12-20(8)23(26-22)19(7)11-10-14-24/h10-11,16-24H,12-15H2,1-9H3/b11-10+/t19-,20-,21+,22-,23+/m0/s1. The zero-order valence-corrected chi connectivity index (χ0v) is 20.4. The number of rotatable bonds is 10. The van der Waals surface area contributed by atoms with Gasteiger partial charge in [-0.05, 0) is 35.4 Å². The zero-order chi connectivity index (χ0) is 20.8. The van der Waals surface area contributed by atoms with Crippen LogP contribution in [0.1, 0.15) is 75.2 Å². The molecule has 0 unspecified atom stereocenters. The Morgan fingerprint density at radius 3 is 2.04 bits per heavy atom. The van der Waals surface area contributed by atoms with Crippen molar-refractivity contribution >= 4 is 8.32 Å². The molecule has 0 bridgehead atoms. The summed E-state index contributed by atoms with van der Waals surface area (Å²) in [6.07, 6.45) is 6.77. The summed E-state index contributed by atoms with van der Waals surface area (Å²) < 4.78 is 13.4. The van der Waals surface area contributed by atoms with E-state index in [1.54, 1.807) is 0 Å². The average Bonchev–Trinajstić information content (AvgIpc) is 2.59. The van der Waals surface area contributed by atoms with Crippen LogP contribution in [0.15, 0.2) is 12.2 Å². The molecule has 0 aromatic heterocycles. The fourth-order valence-electron chi connectivity index (χ4n) is 5.32. The molecule has 160 valence electrons. The Hall–Kier alpha value is -0.163. The van der Waals surface area contributed by atoms with E-state index in [-0.39, 0.29) is 18.8 Å². The molecule has 3 nitrogen and oxygen atoms in total. The van der Waals surface area contributed by atoms with Crippen LogP contribution in [0.25, 0.3) is 0 Å². The molecular weight excluding hydrogens is 352 g/mol.